The summed E-state index contributed by atoms with van der Waals surface area (Å²) in [7, 11) is 0. The summed E-state index contributed by atoms with van der Waals surface area (Å²) in [5.41, 5.74) is 1.14. The van der Waals surface area contributed by atoms with Crippen molar-refractivity contribution in [3.05, 3.63) is 11.6 Å². The van der Waals surface area contributed by atoms with Crippen LogP contribution in [0.5, 0.6) is 0 Å². The van der Waals surface area contributed by atoms with Gasteiger partial charge < -0.3 is 5.11 Å². The molecule has 4 aliphatic carbocycles. The predicted molar refractivity (Wildman–Crippen MR) is 66.0 cm³/mol. The van der Waals surface area contributed by atoms with Crippen LogP contribution in [-0.2, 0) is 0 Å². The summed E-state index contributed by atoms with van der Waals surface area (Å²) in [6.07, 6.45) is 11.0. The van der Waals surface area contributed by atoms with E-state index in [1.165, 1.54) is 38.5 Å². The first-order chi connectivity index (χ1) is 8.23. The number of allylic oxidation sites excluding steroid dienone is 1. The number of rotatable bonds is 3. The van der Waals surface area contributed by atoms with Crippen molar-refractivity contribution < 1.29 is 5.11 Å². The molecule has 92 valence electrons. The Balaban J connectivity index is 1.84. The van der Waals surface area contributed by atoms with Crippen molar-refractivity contribution in [3.8, 4) is 6.07 Å². The lowest BCUT2D eigenvalue weighted by Gasteiger charge is -2.56. The Labute approximate surface area is 103 Å². The van der Waals surface area contributed by atoms with Gasteiger partial charge in [0.25, 0.3) is 0 Å². The maximum Gasteiger partial charge on any atom is 0.0944 e. The van der Waals surface area contributed by atoms with Crippen LogP contribution < -0.4 is 0 Å². The minimum Gasteiger partial charge on any atom is -0.396 e. The van der Waals surface area contributed by atoms with Gasteiger partial charge in [0.05, 0.1) is 6.07 Å². The third-order valence-electron chi connectivity index (χ3n) is 5.09. The average molecular weight is 231 g/mol. The Morgan fingerprint density at radius 2 is 1.71 bits per heavy atom. The molecule has 4 saturated carbocycles. The Kier molecular flexibility index (Phi) is 2.75. The lowest BCUT2D eigenvalue weighted by Crippen LogP contribution is -2.45. The van der Waals surface area contributed by atoms with Crippen molar-refractivity contribution in [2.45, 2.75) is 44.9 Å². The highest BCUT2D eigenvalue weighted by Gasteiger charge is 2.49. The van der Waals surface area contributed by atoms with Crippen molar-refractivity contribution in [2.75, 3.05) is 6.61 Å². The van der Waals surface area contributed by atoms with E-state index >= 15 is 0 Å². The van der Waals surface area contributed by atoms with E-state index in [1.807, 2.05) is 0 Å². The second-order valence-corrected chi connectivity index (χ2v) is 6.53. The Bertz CT molecular complexity index is 342. The zero-order chi connectivity index (χ0) is 11.9. The van der Waals surface area contributed by atoms with Gasteiger partial charge in [-0.1, -0.05) is 6.08 Å². The molecule has 0 spiro atoms. The van der Waals surface area contributed by atoms with Crippen molar-refractivity contribution >= 4 is 0 Å². The molecule has 0 atom stereocenters. The van der Waals surface area contributed by atoms with Crippen LogP contribution in [-0.4, -0.2) is 11.7 Å². The van der Waals surface area contributed by atoms with Crippen LogP contribution in [0.15, 0.2) is 11.6 Å². The molecule has 0 amide bonds. The molecular weight excluding hydrogens is 210 g/mol. The second kappa shape index (κ2) is 4.14. The number of aliphatic hydroxyl groups excluding tert-OH is 1. The molecule has 2 heteroatoms. The first kappa shape index (κ1) is 11.3. The molecule has 4 rings (SSSR count). The van der Waals surface area contributed by atoms with Gasteiger partial charge in [-0.15, -0.1) is 0 Å². The van der Waals surface area contributed by atoms with Gasteiger partial charge in [-0.2, -0.15) is 5.26 Å². The molecule has 17 heavy (non-hydrogen) atoms. The zero-order valence-electron chi connectivity index (χ0n) is 10.4. The number of hydrogen-bond acceptors (Lipinski definition) is 2. The van der Waals surface area contributed by atoms with Crippen molar-refractivity contribution in [1.29, 1.82) is 5.26 Å². The number of aliphatic hydroxyl groups is 1. The molecule has 0 aliphatic heterocycles. The van der Waals surface area contributed by atoms with Crippen molar-refractivity contribution in [3.63, 3.8) is 0 Å². The van der Waals surface area contributed by atoms with Crippen LogP contribution in [0.4, 0.5) is 0 Å². The van der Waals surface area contributed by atoms with Gasteiger partial charge in [0.15, 0.2) is 0 Å². The molecule has 0 aromatic rings. The lowest BCUT2D eigenvalue weighted by atomic mass is 9.49. The molecule has 0 aromatic heterocycles. The summed E-state index contributed by atoms with van der Waals surface area (Å²) in [5.74, 6) is 2.77. The van der Waals surface area contributed by atoms with Crippen LogP contribution in [0.25, 0.3) is 0 Å². The van der Waals surface area contributed by atoms with Crippen LogP contribution in [0.3, 0.4) is 0 Å². The van der Waals surface area contributed by atoms with E-state index in [9.17, 15) is 0 Å². The van der Waals surface area contributed by atoms with E-state index in [4.69, 9.17) is 10.4 Å². The first-order valence-electron chi connectivity index (χ1n) is 6.96. The van der Waals surface area contributed by atoms with Gasteiger partial charge in [0, 0.05) is 18.6 Å². The number of nitriles is 1. The highest BCUT2D eigenvalue weighted by molar-refractivity contribution is 5.26. The predicted octanol–water partition coefficient (Wildman–Crippen LogP) is 3.04. The molecule has 4 fully saturated rings. The first-order valence-corrected chi connectivity index (χ1v) is 6.96. The van der Waals surface area contributed by atoms with Crippen LogP contribution in [0.2, 0.25) is 0 Å². The van der Waals surface area contributed by atoms with Crippen molar-refractivity contribution in [1.82, 2.24) is 0 Å². The molecule has 4 bridgehead atoms. The van der Waals surface area contributed by atoms with E-state index in [0.717, 1.165) is 23.3 Å². The topological polar surface area (TPSA) is 44.0 Å². The smallest absolute Gasteiger partial charge is 0.0944 e. The molecule has 0 radical (unpaired) electrons. The fraction of sp³-hybridized carbons (Fsp3) is 0.800. The van der Waals surface area contributed by atoms with Crippen molar-refractivity contribution in [2.24, 2.45) is 23.2 Å². The Morgan fingerprint density at radius 1 is 1.18 bits per heavy atom. The standard InChI is InChI=1S/C15H21NO/c16-10-11(1-2-17)6-15-7-12-3-13(8-15)5-14(4-12)9-15/h6,12-14,17H,1-5,7-9H2/b11-6-. The normalized spacial score (nSPS) is 43.8. The summed E-state index contributed by atoms with van der Waals surface area (Å²) in [4.78, 5) is 0. The SMILES string of the molecule is N#C/C(=C\C12CC3CC(CC(C3)C1)C2)CCO. The molecule has 0 saturated heterocycles. The number of nitrogens with zero attached hydrogens (tertiary/aromatic N) is 1. The van der Waals surface area contributed by atoms with Gasteiger partial charge in [0.2, 0.25) is 0 Å². The Hall–Kier alpha value is -0.810. The van der Waals surface area contributed by atoms with Crippen LogP contribution >= 0.6 is 0 Å². The molecule has 0 unspecified atom stereocenters. The molecule has 2 nitrogen and oxygen atoms in total. The highest BCUT2D eigenvalue weighted by atomic mass is 16.2. The lowest BCUT2D eigenvalue weighted by molar-refractivity contribution is -0.0241. The minimum absolute atomic E-state index is 0.103. The molecule has 1 N–H and O–H groups in total. The summed E-state index contributed by atoms with van der Waals surface area (Å²) in [6, 6.07) is 2.28. The third kappa shape index (κ3) is 2.02. The zero-order valence-corrected chi connectivity index (χ0v) is 10.4. The van der Waals surface area contributed by atoms with E-state index < -0.39 is 0 Å². The summed E-state index contributed by atoms with van der Waals surface area (Å²) in [6.45, 7) is 0.103. The summed E-state index contributed by atoms with van der Waals surface area (Å²) in [5, 5.41) is 18.1. The van der Waals surface area contributed by atoms with Gasteiger partial charge in [0.1, 0.15) is 0 Å². The van der Waals surface area contributed by atoms with Crippen LogP contribution in [0.1, 0.15) is 44.9 Å². The quantitative estimate of drug-likeness (QED) is 0.759. The summed E-state index contributed by atoms with van der Waals surface area (Å²) < 4.78 is 0. The van der Waals surface area contributed by atoms with Gasteiger partial charge >= 0.3 is 0 Å². The highest BCUT2D eigenvalue weighted by Crippen LogP contribution is 2.60. The monoisotopic (exact) mass is 231 g/mol. The minimum atomic E-state index is 0.103. The van der Waals surface area contributed by atoms with E-state index in [-0.39, 0.29) is 6.61 Å². The largest absolute Gasteiger partial charge is 0.396 e. The molecule has 0 aromatic carbocycles. The molecular formula is C15H21NO. The summed E-state index contributed by atoms with van der Waals surface area (Å²) >= 11 is 0. The molecule has 0 heterocycles. The van der Waals surface area contributed by atoms with Crippen LogP contribution in [0, 0.1) is 34.5 Å². The maximum atomic E-state index is 9.13. The number of hydrogen-bond donors (Lipinski definition) is 1. The van der Waals surface area contributed by atoms with E-state index in [2.05, 4.69) is 12.1 Å². The second-order valence-electron chi connectivity index (χ2n) is 6.53. The van der Waals surface area contributed by atoms with E-state index in [1.54, 1.807) is 0 Å². The Morgan fingerprint density at radius 3 is 2.12 bits per heavy atom. The third-order valence-corrected chi connectivity index (χ3v) is 5.09. The van der Waals surface area contributed by atoms with Gasteiger partial charge in [-0.3, -0.25) is 0 Å². The van der Waals surface area contributed by atoms with E-state index in [0.29, 0.717) is 11.8 Å². The van der Waals surface area contributed by atoms with Gasteiger partial charge in [-0.05, 0) is 61.7 Å². The average Bonchev–Trinajstić information content (AvgIpc) is 2.26. The van der Waals surface area contributed by atoms with Gasteiger partial charge in [-0.25, -0.2) is 0 Å². The fourth-order valence-electron chi connectivity index (χ4n) is 5.00. The molecule has 4 aliphatic rings. The fourth-order valence-corrected chi connectivity index (χ4v) is 5.00. The maximum absolute atomic E-state index is 9.13.